The van der Waals surface area contributed by atoms with E-state index >= 15 is 0 Å². The summed E-state index contributed by atoms with van der Waals surface area (Å²) in [6.07, 6.45) is 6.41. The van der Waals surface area contributed by atoms with Crippen molar-refractivity contribution in [3.05, 3.63) is 151 Å². The van der Waals surface area contributed by atoms with Crippen LogP contribution in [0, 0.1) is 0 Å². The summed E-state index contributed by atoms with van der Waals surface area (Å²) in [6.45, 7) is 0. The van der Waals surface area contributed by atoms with E-state index in [0.717, 1.165) is 0 Å². The van der Waals surface area contributed by atoms with Crippen LogP contribution in [-0.4, -0.2) is 4.57 Å². The van der Waals surface area contributed by atoms with Crippen molar-refractivity contribution < 1.29 is 0 Å². The highest BCUT2D eigenvalue weighted by Crippen LogP contribution is 2.57. The average molecular weight is 552 g/mol. The van der Waals surface area contributed by atoms with Crippen molar-refractivity contribution in [3.8, 4) is 39.1 Å². The van der Waals surface area contributed by atoms with Crippen LogP contribution in [0.25, 0.3) is 60.9 Å². The number of hydrogen-bond acceptors (Lipinski definition) is 0. The minimum atomic E-state index is 0.118. The van der Waals surface area contributed by atoms with E-state index in [1.54, 1.807) is 5.56 Å². The van der Waals surface area contributed by atoms with E-state index in [0.29, 0.717) is 0 Å². The average Bonchev–Trinajstić information content (AvgIpc) is 3.55. The summed E-state index contributed by atoms with van der Waals surface area (Å²) >= 11 is 0. The summed E-state index contributed by atoms with van der Waals surface area (Å²) in [7, 11) is 0. The molecule has 1 heterocycles. The van der Waals surface area contributed by atoms with Gasteiger partial charge in [0, 0.05) is 21.9 Å². The van der Waals surface area contributed by atoms with Crippen LogP contribution in [0.1, 0.15) is 43.2 Å². The fraction of sp³-hybridized carbons (Fsp3) is 0.143. The maximum Gasteiger partial charge on any atom is 0.0541 e. The molecule has 0 aliphatic heterocycles. The van der Waals surface area contributed by atoms with E-state index in [4.69, 9.17) is 0 Å². The summed E-state index contributed by atoms with van der Waals surface area (Å²) in [6, 6.07) is 52.0. The third-order valence-corrected chi connectivity index (χ3v) is 10.2. The predicted octanol–water partition coefficient (Wildman–Crippen LogP) is 11.3. The molecule has 0 atom stereocenters. The molecule has 0 amide bonds. The summed E-state index contributed by atoms with van der Waals surface area (Å²) < 4.78 is 2.40. The minimum absolute atomic E-state index is 0.118. The molecule has 1 saturated carbocycles. The molecule has 0 N–H and O–H groups in total. The van der Waals surface area contributed by atoms with Gasteiger partial charge in [-0.05, 0) is 93.7 Å². The Morgan fingerprint density at radius 3 is 1.49 bits per heavy atom. The zero-order valence-electron chi connectivity index (χ0n) is 24.3. The summed E-state index contributed by atoms with van der Waals surface area (Å²) in [5.74, 6) is 0. The van der Waals surface area contributed by atoms with E-state index in [-0.39, 0.29) is 5.41 Å². The van der Waals surface area contributed by atoms with Gasteiger partial charge in [0.05, 0.1) is 11.0 Å². The van der Waals surface area contributed by atoms with Crippen LogP contribution in [0.5, 0.6) is 0 Å². The number of nitrogens with zero attached hydrogens (tertiary/aromatic N) is 1. The molecule has 1 fully saturated rings. The van der Waals surface area contributed by atoms with Gasteiger partial charge in [0.1, 0.15) is 0 Å². The Morgan fingerprint density at radius 2 is 0.907 bits per heavy atom. The Hall–Kier alpha value is -4.88. The molecule has 0 unspecified atom stereocenters. The largest absolute Gasteiger partial charge is 0.309 e. The number of para-hydroxylation sites is 2. The molecule has 2 aliphatic carbocycles. The fourth-order valence-electron chi connectivity index (χ4n) is 8.18. The molecule has 0 bridgehead atoms. The second kappa shape index (κ2) is 9.57. The molecule has 9 rings (SSSR count). The summed E-state index contributed by atoms with van der Waals surface area (Å²) in [5, 5.41) is 2.60. The first-order chi connectivity index (χ1) is 21.3. The van der Waals surface area contributed by atoms with E-state index in [2.05, 4.69) is 144 Å². The number of benzene rings is 6. The van der Waals surface area contributed by atoms with Crippen LogP contribution in [-0.2, 0) is 5.41 Å². The third kappa shape index (κ3) is 3.71. The summed E-state index contributed by atoms with van der Waals surface area (Å²) in [4.78, 5) is 0. The molecule has 0 saturated heterocycles. The van der Waals surface area contributed by atoms with Gasteiger partial charge in [0.2, 0.25) is 0 Å². The van der Waals surface area contributed by atoms with Crippen LogP contribution in [0.3, 0.4) is 0 Å². The van der Waals surface area contributed by atoms with Gasteiger partial charge in [-0.3, -0.25) is 0 Å². The van der Waals surface area contributed by atoms with E-state index < -0.39 is 0 Å². The van der Waals surface area contributed by atoms with Gasteiger partial charge in [-0.2, -0.15) is 0 Å². The molecule has 6 aromatic carbocycles. The maximum atomic E-state index is 2.53. The quantitative estimate of drug-likeness (QED) is 0.206. The lowest BCUT2D eigenvalue weighted by Gasteiger charge is -2.36. The molecule has 2 aliphatic rings. The zero-order chi connectivity index (χ0) is 28.4. The minimum Gasteiger partial charge on any atom is -0.309 e. The van der Waals surface area contributed by atoms with Crippen LogP contribution in [0.2, 0.25) is 0 Å². The van der Waals surface area contributed by atoms with E-state index in [9.17, 15) is 0 Å². The van der Waals surface area contributed by atoms with Gasteiger partial charge in [-0.1, -0.05) is 122 Å². The standard InChI is InChI=1S/C42H33N/c1-3-11-29(12-4-1)31-19-23-34-35-24-20-32(28-39(35)42(38(34)27-31)25-9-2-10-26-42)30-17-21-33(22-18-30)43-40-15-7-5-13-36(40)37-14-6-8-16-41(37)43/h1,3-8,11-24,27-28H,2,9-10,25-26H2. The van der Waals surface area contributed by atoms with Crippen molar-refractivity contribution in [3.63, 3.8) is 0 Å². The first kappa shape index (κ1) is 24.7. The Morgan fingerprint density at radius 1 is 0.419 bits per heavy atom. The highest BCUT2D eigenvalue weighted by atomic mass is 15.0. The molecule has 1 heteroatoms. The van der Waals surface area contributed by atoms with Crippen molar-refractivity contribution in [2.24, 2.45) is 0 Å². The van der Waals surface area contributed by atoms with Crippen LogP contribution >= 0.6 is 0 Å². The highest BCUT2D eigenvalue weighted by molar-refractivity contribution is 6.09. The molecule has 7 aromatic rings. The van der Waals surface area contributed by atoms with Crippen molar-refractivity contribution >= 4 is 21.8 Å². The summed E-state index contributed by atoms with van der Waals surface area (Å²) in [5.41, 5.74) is 15.0. The number of rotatable bonds is 3. The van der Waals surface area contributed by atoms with Crippen LogP contribution in [0.4, 0.5) is 0 Å². The molecule has 43 heavy (non-hydrogen) atoms. The monoisotopic (exact) mass is 551 g/mol. The lowest BCUT2D eigenvalue weighted by Crippen LogP contribution is -2.28. The second-order valence-corrected chi connectivity index (χ2v) is 12.4. The highest BCUT2D eigenvalue weighted by Gasteiger charge is 2.44. The Bertz CT molecular complexity index is 2090. The molecule has 1 spiro atoms. The van der Waals surface area contributed by atoms with Crippen LogP contribution < -0.4 is 0 Å². The Kier molecular flexibility index (Phi) is 5.50. The van der Waals surface area contributed by atoms with Gasteiger partial charge in [0.25, 0.3) is 0 Å². The van der Waals surface area contributed by atoms with Crippen molar-refractivity contribution in [1.82, 2.24) is 4.57 Å². The van der Waals surface area contributed by atoms with Gasteiger partial charge in [0.15, 0.2) is 0 Å². The fourth-order valence-corrected chi connectivity index (χ4v) is 8.18. The Labute approximate surface area is 253 Å². The smallest absolute Gasteiger partial charge is 0.0541 e. The van der Waals surface area contributed by atoms with Gasteiger partial charge in [-0.15, -0.1) is 0 Å². The van der Waals surface area contributed by atoms with Gasteiger partial charge in [-0.25, -0.2) is 0 Å². The molecule has 1 aromatic heterocycles. The van der Waals surface area contributed by atoms with Gasteiger partial charge >= 0.3 is 0 Å². The molecule has 0 radical (unpaired) electrons. The zero-order valence-corrected chi connectivity index (χ0v) is 24.3. The molecule has 206 valence electrons. The lowest BCUT2D eigenvalue weighted by molar-refractivity contribution is 0.353. The maximum absolute atomic E-state index is 2.53. The normalized spacial score (nSPS) is 15.2. The second-order valence-electron chi connectivity index (χ2n) is 12.4. The number of fused-ring (bicyclic) bond motifs is 8. The Balaban J connectivity index is 1.14. The predicted molar refractivity (Wildman–Crippen MR) is 181 cm³/mol. The van der Waals surface area contributed by atoms with Crippen molar-refractivity contribution in [1.29, 1.82) is 0 Å². The SMILES string of the molecule is c1ccc(-c2ccc3c(c2)C2(CCCCC2)c2cc(-c4ccc(-n5c6ccccc6c6ccccc65)cc4)ccc2-3)cc1. The van der Waals surface area contributed by atoms with E-state index in [1.807, 2.05) is 0 Å². The first-order valence-electron chi connectivity index (χ1n) is 15.7. The third-order valence-electron chi connectivity index (χ3n) is 10.2. The van der Waals surface area contributed by atoms with Gasteiger partial charge < -0.3 is 4.57 Å². The molecular formula is C42H33N. The topological polar surface area (TPSA) is 4.93 Å². The van der Waals surface area contributed by atoms with Crippen LogP contribution in [0.15, 0.2) is 140 Å². The molecule has 1 nitrogen and oxygen atoms in total. The number of hydrogen-bond donors (Lipinski definition) is 0. The van der Waals surface area contributed by atoms with Crippen molar-refractivity contribution in [2.75, 3.05) is 0 Å². The lowest BCUT2D eigenvalue weighted by atomic mass is 9.67. The van der Waals surface area contributed by atoms with Crippen molar-refractivity contribution in [2.45, 2.75) is 37.5 Å². The number of aromatic nitrogens is 1. The molecular weight excluding hydrogens is 518 g/mol. The first-order valence-corrected chi connectivity index (χ1v) is 15.7. The van der Waals surface area contributed by atoms with E-state index in [1.165, 1.54) is 98.5 Å².